The van der Waals surface area contributed by atoms with Gasteiger partial charge in [0.1, 0.15) is 0 Å². The fourth-order valence-corrected chi connectivity index (χ4v) is 4.17. The van der Waals surface area contributed by atoms with E-state index in [4.69, 9.17) is 11.6 Å². The molecule has 1 saturated heterocycles. The van der Waals surface area contributed by atoms with Crippen LogP contribution in [0.25, 0.3) is 0 Å². The maximum absolute atomic E-state index is 6.09. The molecule has 1 aliphatic rings. The van der Waals surface area contributed by atoms with Gasteiger partial charge in [0.2, 0.25) is 0 Å². The lowest BCUT2D eigenvalue weighted by Crippen LogP contribution is -2.63. The number of halogens is 1. The lowest BCUT2D eigenvalue weighted by molar-refractivity contribution is 0.0255. The molecule has 2 nitrogen and oxygen atoms in total. The van der Waals surface area contributed by atoms with Gasteiger partial charge in [-0.05, 0) is 23.0 Å². The van der Waals surface area contributed by atoms with Crippen LogP contribution in [0.3, 0.4) is 0 Å². The molecule has 0 aliphatic carbocycles. The number of nitrogens with one attached hydrogen (secondary N) is 1. The summed E-state index contributed by atoms with van der Waals surface area (Å²) >= 11 is 7.80. The quantitative estimate of drug-likeness (QED) is 0.851. The zero-order valence-corrected chi connectivity index (χ0v) is 15.7. The highest BCUT2D eigenvalue weighted by Crippen LogP contribution is 2.33. The number of rotatable bonds is 2. The highest BCUT2D eigenvalue weighted by Gasteiger charge is 2.38. The predicted molar refractivity (Wildman–Crippen MR) is 94.2 cm³/mol. The third-order valence-electron chi connectivity index (χ3n) is 4.45. The molecule has 0 saturated carbocycles. The predicted octanol–water partition coefficient (Wildman–Crippen LogP) is 4.64. The molecule has 2 heterocycles. The minimum Gasteiger partial charge on any atom is -0.311 e. The third kappa shape index (κ3) is 4.44. The summed E-state index contributed by atoms with van der Waals surface area (Å²) in [5.41, 5.74) is 0.561. The molecule has 0 bridgehead atoms. The van der Waals surface area contributed by atoms with Gasteiger partial charge in [-0.25, -0.2) is 0 Å². The van der Waals surface area contributed by atoms with Gasteiger partial charge in [-0.15, -0.1) is 11.3 Å². The van der Waals surface area contributed by atoms with Gasteiger partial charge in [-0.3, -0.25) is 4.90 Å². The average molecular weight is 329 g/mol. The molecule has 1 aromatic heterocycles. The van der Waals surface area contributed by atoms with Crippen molar-refractivity contribution in [1.82, 2.24) is 10.2 Å². The van der Waals surface area contributed by atoms with Crippen molar-refractivity contribution in [2.24, 2.45) is 10.8 Å². The summed E-state index contributed by atoms with van der Waals surface area (Å²) in [7, 11) is 0. The van der Waals surface area contributed by atoms with Crippen LogP contribution in [0.2, 0.25) is 4.34 Å². The van der Waals surface area contributed by atoms with Crippen LogP contribution in [0.4, 0.5) is 0 Å². The Bertz CT molecular complexity index is 470. The molecule has 2 unspecified atom stereocenters. The van der Waals surface area contributed by atoms with Gasteiger partial charge in [0.25, 0.3) is 0 Å². The van der Waals surface area contributed by atoms with Crippen molar-refractivity contribution in [2.45, 2.75) is 60.2 Å². The highest BCUT2D eigenvalue weighted by atomic mass is 35.5. The van der Waals surface area contributed by atoms with Crippen molar-refractivity contribution in [2.75, 3.05) is 13.1 Å². The van der Waals surface area contributed by atoms with Crippen molar-refractivity contribution in [3.63, 3.8) is 0 Å². The summed E-state index contributed by atoms with van der Waals surface area (Å²) in [5.74, 6) is 0. The molecule has 1 aliphatic heterocycles. The van der Waals surface area contributed by atoms with Crippen LogP contribution in [0.15, 0.2) is 12.1 Å². The lowest BCUT2D eigenvalue weighted by atomic mass is 9.79. The van der Waals surface area contributed by atoms with Crippen molar-refractivity contribution < 1.29 is 0 Å². The summed E-state index contributed by atoms with van der Waals surface area (Å²) in [6.07, 6.45) is 0. The lowest BCUT2D eigenvalue weighted by Gasteiger charge is -2.49. The van der Waals surface area contributed by atoms with E-state index in [1.807, 2.05) is 6.07 Å². The second kappa shape index (κ2) is 6.19. The van der Waals surface area contributed by atoms with E-state index in [9.17, 15) is 0 Å². The van der Waals surface area contributed by atoms with E-state index in [1.165, 1.54) is 4.88 Å². The molecule has 2 rings (SSSR count). The Hall–Kier alpha value is -0.0900. The maximum atomic E-state index is 6.09. The number of piperazine rings is 1. The van der Waals surface area contributed by atoms with Gasteiger partial charge in [-0.2, -0.15) is 0 Å². The summed E-state index contributed by atoms with van der Waals surface area (Å²) in [6, 6.07) is 5.27. The molecule has 120 valence electrons. The fraction of sp³-hybridized carbons (Fsp3) is 0.765. The third-order valence-corrected chi connectivity index (χ3v) is 5.66. The van der Waals surface area contributed by atoms with Gasteiger partial charge >= 0.3 is 0 Å². The van der Waals surface area contributed by atoms with E-state index in [-0.39, 0.29) is 10.8 Å². The van der Waals surface area contributed by atoms with E-state index >= 15 is 0 Å². The summed E-state index contributed by atoms with van der Waals surface area (Å²) in [6.45, 7) is 17.1. The van der Waals surface area contributed by atoms with Gasteiger partial charge in [-0.1, -0.05) is 53.1 Å². The van der Waals surface area contributed by atoms with Gasteiger partial charge in [0.15, 0.2) is 0 Å². The normalized spacial score (nSPS) is 25.3. The van der Waals surface area contributed by atoms with E-state index in [1.54, 1.807) is 11.3 Å². The molecule has 0 radical (unpaired) electrons. The Morgan fingerprint density at radius 1 is 1.19 bits per heavy atom. The SMILES string of the molecule is CC(C)(C)C1CN(Cc2ccc(Cl)s2)C(C(C)(C)C)CN1. The first kappa shape index (κ1) is 17.3. The van der Waals surface area contributed by atoms with Crippen molar-refractivity contribution in [1.29, 1.82) is 0 Å². The van der Waals surface area contributed by atoms with E-state index in [2.05, 4.69) is 57.8 Å². The average Bonchev–Trinajstić information content (AvgIpc) is 2.72. The number of nitrogens with zero attached hydrogens (tertiary/aromatic N) is 1. The van der Waals surface area contributed by atoms with Crippen LogP contribution in [-0.4, -0.2) is 30.1 Å². The summed E-state index contributed by atoms with van der Waals surface area (Å²) < 4.78 is 0.889. The van der Waals surface area contributed by atoms with Crippen LogP contribution in [0, 0.1) is 10.8 Å². The Morgan fingerprint density at radius 2 is 1.86 bits per heavy atom. The monoisotopic (exact) mass is 328 g/mol. The molecule has 2 atom stereocenters. The Kier molecular flexibility index (Phi) is 5.09. The number of hydrogen-bond donors (Lipinski definition) is 1. The molecule has 0 spiro atoms. The molecule has 1 aromatic rings. The second-order valence-electron chi connectivity index (χ2n) is 8.34. The smallest absolute Gasteiger partial charge is 0.0931 e. The summed E-state index contributed by atoms with van der Waals surface area (Å²) in [5, 5.41) is 3.77. The molecular formula is C17H29ClN2S. The maximum Gasteiger partial charge on any atom is 0.0931 e. The molecular weight excluding hydrogens is 300 g/mol. The highest BCUT2D eigenvalue weighted by molar-refractivity contribution is 7.16. The number of thiophene rings is 1. The topological polar surface area (TPSA) is 15.3 Å². The minimum atomic E-state index is 0.275. The van der Waals surface area contributed by atoms with Gasteiger partial charge < -0.3 is 5.32 Å². The molecule has 0 amide bonds. The first-order valence-corrected chi connectivity index (χ1v) is 8.98. The first-order chi connectivity index (χ1) is 9.57. The van der Waals surface area contributed by atoms with Crippen molar-refractivity contribution in [3.05, 3.63) is 21.3 Å². The van der Waals surface area contributed by atoms with Crippen molar-refractivity contribution >= 4 is 22.9 Å². The first-order valence-electron chi connectivity index (χ1n) is 7.79. The molecule has 21 heavy (non-hydrogen) atoms. The van der Waals surface area contributed by atoms with E-state index in [0.717, 1.165) is 24.0 Å². The minimum absolute atomic E-state index is 0.275. The Morgan fingerprint density at radius 3 is 2.33 bits per heavy atom. The van der Waals surface area contributed by atoms with Crippen LogP contribution in [0.5, 0.6) is 0 Å². The van der Waals surface area contributed by atoms with E-state index in [0.29, 0.717) is 12.1 Å². The molecule has 1 N–H and O–H groups in total. The van der Waals surface area contributed by atoms with Gasteiger partial charge in [0.05, 0.1) is 4.34 Å². The van der Waals surface area contributed by atoms with Gasteiger partial charge in [0, 0.05) is 36.6 Å². The van der Waals surface area contributed by atoms with Crippen LogP contribution >= 0.6 is 22.9 Å². The standard InChI is InChI=1S/C17H29ClN2S/c1-16(2,3)13-11-20(10-12-7-8-15(18)21-12)14(9-19-13)17(4,5)6/h7-8,13-14,19H,9-11H2,1-6H3. The molecule has 1 fully saturated rings. The van der Waals surface area contributed by atoms with Crippen LogP contribution < -0.4 is 5.32 Å². The zero-order valence-electron chi connectivity index (χ0n) is 14.2. The largest absolute Gasteiger partial charge is 0.311 e. The molecule has 0 aromatic carbocycles. The van der Waals surface area contributed by atoms with E-state index < -0.39 is 0 Å². The van der Waals surface area contributed by atoms with Crippen molar-refractivity contribution in [3.8, 4) is 0 Å². The van der Waals surface area contributed by atoms with Crippen LogP contribution in [-0.2, 0) is 6.54 Å². The zero-order chi connectivity index (χ0) is 15.8. The Balaban J connectivity index is 2.16. The van der Waals surface area contributed by atoms with Crippen LogP contribution in [0.1, 0.15) is 46.4 Å². The Labute approximate surface area is 138 Å². The number of hydrogen-bond acceptors (Lipinski definition) is 3. The summed E-state index contributed by atoms with van der Waals surface area (Å²) in [4.78, 5) is 4.01. The molecule has 4 heteroatoms. The second-order valence-corrected chi connectivity index (χ2v) is 10.1. The fourth-order valence-electron chi connectivity index (χ4n) is 3.05.